The Morgan fingerprint density at radius 3 is 2.57 bits per heavy atom. The highest BCUT2D eigenvalue weighted by molar-refractivity contribution is 5.99. The first kappa shape index (κ1) is 27.3. The third kappa shape index (κ3) is 7.58. The van der Waals surface area contributed by atoms with Gasteiger partial charge in [0.2, 0.25) is 0 Å². The van der Waals surface area contributed by atoms with E-state index in [1.54, 1.807) is 23.1 Å². The minimum Gasteiger partial charge on any atom is -0.488 e. The highest BCUT2D eigenvalue weighted by atomic mass is 16.5. The molecule has 8 heteroatoms. The lowest BCUT2D eigenvalue weighted by Gasteiger charge is -2.38. The van der Waals surface area contributed by atoms with Gasteiger partial charge in [-0.1, -0.05) is 26.2 Å². The number of fused-ring (bicyclic) bond motifs is 1. The molecule has 0 aromatic heterocycles. The van der Waals surface area contributed by atoms with Crippen LogP contribution in [0.25, 0.3) is 0 Å². The van der Waals surface area contributed by atoms with Gasteiger partial charge in [0.05, 0.1) is 18.2 Å². The fourth-order valence-corrected chi connectivity index (χ4v) is 5.14. The van der Waals surface area contributed by atoms with E-state index in [-0.39, 0.29) is 42.7 Å². The Hall–Kier alpha value is -2.32. The van der Waals surface area contributed by atoms with E-state index in [0.29, 0.717) is 23.5 Å². The maximum Gasteiger partial charge on any atom is 0.319 e. The standard InChI is InChI=1S/C27H44N4O4/c1-18(2)28-27(34)29-22-11-12-24-23(13-22)26(33)31(20(4)17-32)14-19(3)25(35-24)16-30(5)15-21-9-7-6-8-10-21/h11-13,18-21,25,32H,6-10,14-17H2,1-5H3,(H2,28,29,34)/t19-,20-,25-/m0/s1. The van der Waals surface area contributed by atoms with Gasteiger partial charge in [0.1, 0.15) is 11.9 Å². The van der Waals surface area contributed by atoms with Gasteiger partial charge in [0, 0.05) is 37.3 Å². The normalized spacial score (nSPS) is 22.3. The second-order valence-corrected chi connectivity index (χ2v) is 10.8. The summed E-state index contributed by atoms with van der Waals surface area (Å²) in [5.74, 6) is 1.14. The van der Waals surface area contributed by atoms with Gasteiger partial charge in [0.15, 0.2) is 0 Å². The molecule has 0 bridgehead atoms. The van der Waals surface area contributed by atoms with Crippen LogP contribution in [0.15, 0.2) is 18.2 Å². The molecular formula is C27H44N4O4. The number of hydrogen-bond acceptors (Lipinski definition) is 5. The van der Waals surface area contributed by atoms with Gasteiger partial charge in [-0.2, -0.15) is 0 Å². The zero-order chi connectivity index (χ0) is 25.5. The molecule has 2 aliphatic rings. The lowest BCUT2D eigenvalue weighted by Crippen LogP contribution is -2.50. The number of urea groups is 1. The van der Waals surface area contributed by atoms with Crippen molar-refractivity contribution in [3.8, 4) is 5.75 Å². The van der Waals surface area contributed by atoms with E-state index < -0.39 is 0 Å². The fraction of sp³-hybridized carbons (Fsp3) is 0.704. The average molecular weight is 489 g/mol. The van der Waals surface area contributed by atoms with Crippen molar-refractivity contribution in [1.82, 2.24) is 15.1 Å². The van der Waals surface area contributed by atoms with Crippen LogP contribution in [0.1, 0.15) is 70.2 Å². The minimum absolute atomic E-state index is 0.00181. The van der Waals surface area contributed by atoms with Gasteiger partial charge < -0.3 is 30.3 Å². The minimum atomic E-state index is -0.324. The lowest BCUT2D eigenvalue weighted by molar-refractivity contribution is 0.0330. The van der Waals surface area contributed by atoms with Gasteiger partial charge in [-0.05, 0) is 64.8 Å². The first-order chi connectivity index (χ1) is 16.7. The molecule has 3 rings (SSSR count). The molecule has 1 aromatic carbocycles. The molecule has 1 aliphatic carbocycles. The second-order valence-electron chi connectivity index (χ2n) is 10.8. The SMILES string of the molecule is CC(C)NC(=O)Nc1ccc2c(c1)C(=O)N([C@@H](C)CO)C[C@H](C)[C@H](CN(C)CC1CCCCC1)O2. The molecule has 3 atom stereocenters. The summed E-state index contributed by atoms with van der Waals surface area (Å²) in [6.45, 7) is 9.95. The number of amides is 3. The molecule has 0 unspecified atom stereocenters. The van der Waals surface area contributed by atoms with Crippen molar-refractivity contribution >= 4 is 17.6 Å². The molecule has 0 spiro atoms. The van der Waals surface area contributed by atoms with E-state index in [1.807, 2.05) is 20.8 Å². The molecular weight excluding hydrogens is 444 g/mol. The summed E-state index contributed by atoms with van der Waals surface area (Å²) in [4.78, 5) is 29.8. The van der Waals surface area contributed by atoms with Crippen molar-refractivity contribution in [3.63, 3.8) is 0 Å². The number of aliphatic hydroxyl groups is 1. The van der Waals surface area contributed by atoms with Crippen LogP contribution in [0.2, 0.25) is 0 Å². The van der Waals surface area contributed by atoms with Crippen LogP contribution in [-0.2, 0) is 0 Å². The van der Waals surface area contributed by atoms with Gasteiger partial charge in [0.25, 0.3) is 5.91 Å². The van der Waals surface area contributed by atoms with E-state index in [2.05, 4.69) is 29.5 Å². The summed E-state index contributed by atoms with van der Waals surface area (Å²) < 4.78 is 6.49. The molecule has 0 saturated heterocycles. The zero-order valence-electron chi connectivity index (χ0n) is 22.0. The van der Waals surface area contributed by atoms with Crippen molar-refractivity contribution in [2.75, 3.05) is 38.6 Å². The van der Waals surface area contributed by atoms with Crippen molar-refractivity contribution in [2.24, 2.45) is 11.8 Å². The Morgan fingerprint density at radius 2 is 1.91 bits per heavy atom. The summed E-state index contributed by atoms with van der Waals surface area (Å²) in [7, 11) is 2.16. The molecule has 3 amide bonds. The van der Waals surface area contributed by atoms with Gasteiger partial charge >= 0.3 is 6.03 Å². The van der Waals surface area contributed by atoms with E-state index in [0.717, 1.165) is 19.0 Å². The number of aliphatic hydroxyl groups excluding tert-OH is 1. The van der Waals surface area contributed by atoms with Crippen LogP contribution in [0.3, 0.4) is 0 Å². The van der Waals surface area contributed by atoms with Gasteiger partial charge in [-0.3, -0.25) is 4.79 Å². The predicted molar refractivity (Wildman–Crippen MR) is 139 cm³/mol. The Kier molecular flexibility index (Phi) is 9.80. The van der Waals surface area contributed by atoms with Gasteiger partial charge in [-0.15, -0.1) is 0 Å². The molecule has 3 N–H and O–H groups in total. The predicted octanol–water partition coefficient (Wildman–Crippen LogP) is 3.95. The smallest absolute Gasteiger partial charge is 0.319 e. The zero-order valence-corrected chi connectivity index (χ0v) is 22.0. The largest absolute Gasteiger partial charge is 0.488 e. The third-order valence-corrected chi connectivity index (χ3v) is 7.13. The quantitative estimate of drug-likeness (QED) is 0.515. The topological polar surface area (TPSA) is 94.1 Å². The molecule has 35 heavy (non-hydrogen) atoms. The van der Waals surface area contributed by atoms with Crippen molar-refractivity contribution in [1.29, 1.82) is 0 Å². The van der Waals surface area contributed by atoms with Crippen LogP contribution < -0.4 is 15.4 Å². The number of anilines is 1. The van der Waals surface area contributed by atoms with E-state index in [4.69, 9.17) is 4.74 Å². The molecule has 196 valence electrons. The third-order valence-electron chi connectivity index (χ3n) is 7.13. The van der Waals surface area contributed by atoms with Crippen LogP contribution in [0.4, 0.5) is 10.5 Å². The number of likely N-dealkylation sites (N-methyl/N-ethyl adjacent to an activating group) is 1. The number of nitrogens with one attached hydrogen (secondary N) is 2. The summed E-state index contributed by atoms with van der Waals surface area (Å²) in [6.07, 6.45) is 6.48. The van der Waals surface area contributed by atoms with E-state index in [1.165, 1.54) is 32.1 Å². The highest BCUT2D eigenvalue weighted by Crippen LogP contribution is 2.31. The number of rotatable bonds is 8. The lowest BCUT2D eigenvalue weighted by atomic mass is 9.89. The Morgan fingerprint density at radius 1 is 1.20 bits per heavy atom. The molecule has 1 heterocycles. The number of carbonyl (C=O) groups is 2. The molecule has 1 aliphatic heterocycles. The van der Waals surface area contributed by atoms with Gasteiger partial charge in [-0.25, -0.2) is 4.79 Å². The average Bonchev–Trinajstić information content (AvgIpc) is 2.81. The van der Waals surface area contributed by atoms with Crippen LogP contribution in [-0.4, -0.2) is 78.3 Å². The maximum atomic E-state index is 13.5. The highest BCUT2D eigenvalue weighted by Gasteiger charge is 2.34. The maximum absolute atomic E-state index is 13.5. The Bertz CT molecular complexity index is 856. The summed E-state index contributed by atoms with van der Waals surface area (Å²) in [5.41, 5.74) is 0.925. The number of nitrogens with zero attached hydrogens (tertiary/aromatic N) is 2. The van der Waals surface area contributed by atoms with E-state index in [9.17, 15) is 14.7 Å². The van der Waals surface area contributed by atoms with Crippen molar-refractivity contribution < 1.29 is 19.4 Å². The summed E-state index contributed by atoms with van der Waals surface area (Å²) in [6, 6.07) is 4.56. The van der Waals surface area contributed by atoms with Crippen LogP contribution >= 0.6 is 0 Å². The van der Waals surface area contributed by atoms with Crippen LogP contribution in [0.5, 0.6) is 5.75 Å². The van der Waals surface area contributed by atoms with Crippen molar-refractivity contribution in [2.45, 2.75) is 78.0 Å². The van der Waals surface area contributed by atoms with E-state index >= 15 is 0 Å². The number of benzene rings is 1. The fourth-order valence-electron chi connectivity index (χ4n) is 5.14. The molecule has 1 saturated carbocycles. The number of carbonyl (C=O) groups excluding carboxylic acids is 2. The molecule has 8 nitrogen and oxygen atoms in total. The molecule has 1 fully saturated rings. The second kappa shape index (κ2) is 12.6. The Balaban J connectivity index is 1.83. The Labute approximate surface area is 210 Å². The number of hydrogen-bond donors (Lipinski definition) is 3. The molecule has 0 radical (unpaired) electrons. The first-order valence-corrected chi connectivity index (χ1v) is 13.2. The first-order valence-electron chi connectivity index (χ1n) is 13.2. The molecule has 1 aromatic rings. The van der Waals surface area contributed by atoms with Crippen LogP contribution in [0, 0.1) is 11.8 Å². The summed E-state index contributed by atoms with van der Waals surface area (Å²) >= 11 is 0. The monoisotopic (exact) mass is 488 g/mol. The summed E-state index contributed by atoms with van der Waals surface area (Å²) in [5, 5.41) is 15.4. The number of ether oxygens (including phenoxy) is 1. The van der Waals surface area contributed by atoms with Crippen molar-refractivity contribution in [3.05, 3.63) is 23.8 Å².